The van der Waals surface area contributed by atoms with Crippen molar-refractivity contribution in [1.29, 1.82) is 0 Å². The van der Waals surface area contributed by atoms with E-state index >= 15 is 0 Å². The van der Waals surface area contributed by atoms with Crippen LogP contribution in [-0.4, -0.2) is 53.4 Å². The SMILES string of the molecule is CCN(CC)S(=O)(=O)c1ccc(C)c(C(=O)N(C)Cc2cnn(-c3ccccc3)c2)c1. The number of nitrogens with zero attached hydrogens (tertiary/aromatic N) is 4. The summed E-state index contributed by atoms with van der Waals surface area (Å²) in [4.78, 5) is 14.8. The first kappa shape index (κ1) is 22.7. The third kappa shape index (κ3) is 4.86. The number of amides is 1. The molecule has 0 bridgehead atoms. The van der Waals surface area contributed by atoms with Crippen LogP contribution < -0.4 is 0 Å². The highest BCUT2D eigenvalue weighted by Crippen LogP contribution is 2.21. The molecule has 8 heteroatoms. The van der Waals surface area contributed by atoms with Crippen molar-refractivity contribution >= 4 is 15.9 Å². The molecule has 2 aromatic carbocycles. The van der Waals surface area contributed by atoms with E-state index in [1.165, 1.54) is 10.4 Å². The van der Waals surface area contributed by atoms with Gasteiger partial charge < -0.3 is 4.90 Å². The van der Waals surface area contributed by atoms with Gasteiger partial charge in [0.1, 0.15) is 0 Å². The molecule has 0 aliphatic carbocycles. The quantitative estimate of drug-likeness (QED) is 0.537. The molecule has 0 spiro atoms. The molecule has 0 radical (unpaired) electrons. The Labute approximate surface area is 184 Å². The van der Waals surface area contributed by atoms with Crippen molar-refractivity contribution in [2.24, 2.45) is 0 Å². The van der Waals surface area contributed by atoms with Gasteiger partial charge >= 0.3 is 0 Å². The van der Waals surface area contributed by atoms with Gasteiger partial charge in [-0.15, -0.1) is 0 Å². The molecule has 1 aromatic heterocycles. The molecule has 0 unspecified atom stereocenters. The molecule has 3 rings (SSSR count). The number of hydrogen-bond acceptors (Lipinski definition) is 4. The number of para-hydroxylation sites is 1. The second kappa shape index (κ2) is 9.45. The Balaban J connectivity index is 1.82. The Kier molecular flexibility index (Phi) is 6.92. The van der Waals surface area contributed by atoms with E-state index < -0.39 is 10.0 Å². The number of sulfonamides is 1. The maximum absolute atomic E-state index is 13.1. The molecular formula is C23H28N4O3S. The van der Waals surface area contributed by atoms with E-state index in [4.69, 9.17) is 0 Å². The maximum atomic E-state index is 13.1. The van der Waals surface area contributed by atoms with Gasteiger partial charge in [0, 0.05) is 44.0 Å². The van der Waals surface area contributed by atoms with Crippen molar-refractivity contribution in [1.82, 2.24) is 19.0 Å². The average Bonchev–Trinajstić information content (AvgIpc) is 3.23. The monoisotopic (exact) mass is 440 g/mol. The number of aryl methyl sites for hydroxylation is 1. The molecule has 0 aliphatic rings. The van der Waals surface area contributed by atoms with Gasteiger partial charge in [-0.2, -0.15) is 9.40 Å². The lowest BCUT2D eigenvalue weighted by atomic mass is 10.1. The van der Waals surface area contributed by atoms with E-state index in [9.17, 15) is 13.2 Å². The van der Waals surface area contributed by atoms with Crippen molar-refractivity contribution in [3.05, 3.63) is 77.6 Å². The molecule has 3 aromatic rings. The van der Waals surface area contributed by atoms with Crippen LogP contribution in [0.5, 0.6) is 0 Å². The number of benzene rings is 2. The highest BCUT2D eigenvalue weighted by Gasteiger charge is 2.24. The third-order valence-corrected chi connectivity index (χ3v) is 7.25. The summed E-state index contributed by atoms with van der Waals surface area (Å²) in [6.45, 7) is 6.51. The van der Waals surface area contributed by atoms with Gasteiger partial charge in [-0.1, -0.05) is 38.1 Å². The molecule has 31 heavy (non-hydrogen) atoms. The van der Waals surface area contributed by atoms with E-state index in [1.54, 1.807) is 48.8 Å². The first-order chi connectivity index (χ1) is 14.8. The lowest BCUT2D eigenvalue weighted by Crippen LogP contribution is -2.31. The Morgan fingerprint density at radius 2 is 1.74 bits per heavy atom. The second-order valence-corrected chi connectivity index (χ2v) is 9.29. The van der Waals surface area contributed by atoms with E-state index in [1.807, 2.05) is 43.5 Å². The van der Waals surface area contributed by atoms with Gasteiger partial charge in [-0.3, -0.25) is 4.79 Å². The molecule has 1 heterocycles. The summed E-state index contributed by atoms with van der Waals surface area (Å²) in [5.74, 6) is -0.235. The minimum atomic E-state index is -3.64. The fraction of sp³-hybridized carbons (Fsp3) is 0.304. The zero-order valence-electron chi connectivity index (χ0n) is 18.3. The molecular weight excluding hydrogens is 412 g/mol. The standard InChI is InChI=1S/C23H28N4O3S/c1-5-26(6-2)31(29,30)21-13-12-18(3)22(14-21)23(28)25(4)16-19-15-24-27(17-19)20-10-8-7-9-11-20/h7-15,17H,5-6,16H2,1-4H3. The lowest BCUT2D eigenvalue weighted by Gasteiger charge is -2.21. The highest BCUT2D eigenvalue weighted by molar-refractivity contribution is 7.89. The first-order valence-corrected chi connectivity index (χ1v) is 11.7. The van der Waals surface area contributed by atoms with Gasteiger partial charge in [0.15, 0.2) is 0 Å². The van der Waals surface area contributed by atoms with Crippen LogP contribution in [0.4, 0.5) is 0 Å². The summed E-state index contributed by atoms with van der Waals surface area (Å²) in [7, 11) is -1.94. The van der Waals surface area contributed by atoms with Crippen LogP contribution in [0.3, 0.4) is 0 Å². The van der Waals surface area contributed by atoms with E-state index in [0.717, 1.165) is 16.8 Å². The Morgan fingerprint density at radius 3 is 2.39 bits per heavy atom. The van der Waals surface area contributed by atoms with Crippen LogP contribution in [0.15, 0.2) is 65.8 Å². The maximum Gasteiger partial charge on any atom is 0.254 e. The summed E-state index contributed by atoms with van der Waals surface area (Å²) >= 11 is 0. The van der Waals surface area contributed by atoms with Gasteiger partial charge in [-0.25, -0.2) is 13.1 Å². The van der Waals surface area contributed by atoms with Crippen molar-refractivity contribution < 1.29 is 13.2 Å². The molecule has 0 atom stereocenters. The van der Waals surface area contributed by atoms with Crippen molar-refractivity contribution in [3.8, 4) is 5.69 Å². The lowest BCUT2D eigenvalue weighted by molar-refractivity contribution is 0.0784. The summed E-state index contributed by atoms with van der Waals surface area (Å²) in [6, 6.07) is 14.5. The zero-order chi connectivity index (χ0) is 22.6. The number of rotatable bonds is 8. The third-order valence-electron chi connectivity index (χ3n) is 5.21. The van der Waals surface area contributed by atoms with Crippen LogP contribution >= 0.6 is 0 Å². The number of carbonyl (C=O) groups is 1. The van der Waals surface area contributed by atoms with Crippen molar-refractivity contribution in [3.63, 3.8) is 0 Å². The van der Waals surface area contributed by atoms with Gasteiger partial charge in [0.25, 0.3) is 5.91 Å². The largest absolute Gasteiger partial charge is 0.337 e. The molecule has 0 N–H and O–H groups in total. The minimum Gasteiger partial charge on any atom is -0.337 e. The van der Waals surface area contributed by atoms with E-state index in [0.29, 0.717) is 25.2 Å². The summed E-state index contributed by atoms with van der Waals surface area (Å²) in [5, 5.41) is 4.37. The smallest absolute Gasteiger partial charge is 0.254 e. The first-order valence-electron chi connectivity index (χ1n) is 10.2. The van der Waals surface area contributed by atoms with Gasteiger partial charge in [0.05, 0.1) is 16.8 Å². The van der Waals surface area contributed by atoms with E-state index in [2.05, 4.69) is 5.10 Å². The topological polar surface area (TPSA) is 75.5 Å². The van der Waals surface area contributed by atoms with Crippen LogP contribution in [0.2, 0.25) is 0 Å². The van der Waals surface area contributed by atoms with Crippen LogP contribution in [-0.2, 0) is 16.6 Å². The van der Waals surface area contributed by atoms with Crippen molar-refractivity contribution in [2.75, 3.05) is 20.1 Å². The van der Waals surface area contributed by atoms with Gasteiger partial charge in [0.2, 0.25) is 10.0 Å². The fourth-order valence-corrected chi connectivity index (χ4v) is 4.90. The number of hydrogen-bond donors (Lipinski definition) is 0. The molecule has 0 saturated carbocycles. The molecule has 1 amide bonds. The van der Waals surface area contributed by atoms with Gasteiger partial charge in [-0.05, 0) is 36.8 Å². The van der Waals surface area contributed by atoms with Crippen LogP contribution in [0, 0.1) is 6.92 Å². The molecule has 0 fully saturated rings. The number of aromatic nitrogens is 2. The summed E-state index contributed by atoms with van der Waals surface area (Å²) < 4.78 is 28.9. The molecule has 164 valence electrons. The minimum absolute atomic E-state index is 0.135. The Morgan fingerprint density at radius 1 is 1.06 bits per heavy atom. The average molecular weight is 441 g/mol. The molecule has 0 saturated heterocycles. The van der Waals surface area contributed by atoms with Crippen molar-refractivity contribution in [2.45, 2.75) is 32.2 Å². The zero-order valence-corrected chi connectivity index (χ0v) is 19.1. The van der Waals surface area contributed by atoms with Crippen LogP contribution in [0.25, 0.3) is 5.69 Å². The van der Waals surface area contributed by atoms with Crippen LogP contribution in [0.1, 0.15) is 35.3 Å². The predicted octanol–water partition coefficient (Wildman–Crippen LogP) is 3.48. The number of carbonyl (C=O) groups excluding carboxylic acids is 1. The Bertz CT molecular complexity index is 1150. The van der Waals surface area contributed by atoms with E-state index in [-0.39, 0.29) is 10.8 Å². The molecule has 7 nitrogen and oxygen atoms in total. The summed E-state index contributed by atoms with van der Waals surface area (Å²) in [5.41, 5.74) is 2.93. The fourth-order valence-electron chi connectivity index (χ4n) is 3.42. The highest BCUT2D eigenvalue weighted by atomic mass is 32.2. The Hall–Kier alpha value is -2.97. The normalized spacial score (nSPS) is 11.6. The molecule has 0 aliphatic heterocycles. The summed E-state index contributed by atoms with van der Waals surface area (Å²) in [6.07, 6.45) is 3.61. The second-order valence-electron chi connectivity index (χ2n) is 7.36. The predicted molar refractivity (Wildman–Crippen MR) is 121 cm³/mol.